The molecule has 2 aromatic heterocycles. The number of nitrogens with one attached hydrogen (secondary N) is 1. The molecule has 0 spiro atoms. The van der Waals surface area contributed by atoms with Crippen molar-refractivity contribution in [3.63, 3.8) is 0 Å². The Morgan fingerprint density at radius 1 is 1.10 bits per heavy atom. The van der Waals surface area contributed by atoms with Crippen molar-refractivity contribution in [2.24, 2.45) is 0 Å². The van der Waals surface area contributed by atoms with Gasteiger partial charge in [0.25, 0.3) is 5.56 Å². The van der Waals surface area contributed by atoms with E-state index in [0.29, 0.717) is 36.0 Å². The van der Waals surface area contributed by atoms with Gasteiger partial charge < -0.3 is 15.3 Å². The number of anilines is 1. The maximum absolute atomic E-state index is 13.2. The molecule has 0 saturated carbocycles. The summed E-state index contributed by atoms with van der Waals surface area (Å²) in [7, 11) is 0. The van der Waals surface area contributed by atoms with Gasteiger partial charge in [-0.15, -0.1) is 0 Å². The molecular formula is C23H32N6O. The molecule has 0 unspecified atom stereocenters. The Morgan fingerprint density at radius 3 is 2.57 bits per heavy atom. The summed E-state index contributed by atoms with van der Waals surface area (Å²) in [6.07, 6.45) is 8.70. The molecule has 1 aliphatic rings. The number of nitrogens with two attached hydrogens (primary N) is 1. The summed E-state index contributed by atoms with van der Waals surface area (Å²) in [5.41, 5.74) is 7.60. The molecule has 7 heteroatoms. The Labute approximate surface area is 177 Å². The molecular weight excluding hydrogens is 376 g/mol. The predicted octanol–water partition coefficient (Wildman–Crippen LogP) is 3.80. The summed E-state index contributed by atoms with van der Waals surface area (Å²) < 4.78 is 1.84. The van der Waals surface area contributed by atoms with Crippen molar-refractivity contribution in [3.8, 4) is 11.5 Å². The second kappa shape index (κ2) is 9.00. The van der Waals surface area contributed by atoms with E-state index in [1.54, 1.807) is 0 Å². The number of aromatic nitrogens is 4. The van der Waals surface area contributed by atoms with Gasteiger partial charge in [0, 0.05) is 18.6 Å². The number of aromatic amines is 1. The zero-order valence-corrected chi connectivity index (χ0v) is 18.0. The number of H-pyrrole nitrogens is 1. The maximum Gasteiger partial charge on any atom is 0.280 e. The second-order valence-corrected chi connectivity index (χ2v) is 8.52. The summed E-state index contributed by atoms with van der Waals surface area (Å²) >= 11 is 0. The average molecular weight is 409 g/mol. The summed E-state index contributed by atoms with van der Waals surface area (Å²) in [4.78, 5) is 27.5. The average Bonchev–Trinajstić information content (AvgIpc) is 3.16. The summed E-state index contributed by atoms with van der Waals surface area (Å²) in [6, 6.07) is 9.14. The first-order valence-corrected chi connectivity index (χ1v) is 11.1. The number of benzene rings is 1. The second-order valence-electron chi connectivity index (χ2n) is 8.52. The van der Waals surface area contributed by atoms with Crippen molar-refractivity contribution < 1.29 is 0 Å². The fourth-order valence-electron chi connectivity index (χ4n) is 4.68. The number of fused-ring (bicyclic) bond motifs is 1. The number of piperidine rings is 1. The number of hydrogen-bond donors (Lipinski definition) is 2. The lowest BCUT2D eigenvalue weighted by molar-refractivity contribution is 0.101. The number of para-hydroxylation sites is 2. The van der Waals surface area contributed by atoms with E-state index in [2.05, 4.69) is 33.7 Å². The normalized spacial score (nSPS) is 20.1. The molecule has 4 rings (SSSR count). The van der Waals surface area contributed by atoms with E-state index in [9.17, 15) is 4.79 Å². The molecule has 1 aromatic carbocycles. The highest BCUT2D eigenvalue weighted by Crippen LogP contribution is 2.23. The van der Waals surface area contributed by atoms with Crippen LogP contribution in [0.3, 0.4) is 0 Å². The van der Waals surface area contributed by atoms with Gasteiger partial charge in [-0.3, -0.25) is 9.69 Å². The number of imidazole rings is 1. The number of likely N-dealkylation sites (tertiary alicyclic amines) is 1. The zero-order chi connectivity index (χ0) is 21.1. The first-order chi connectivity index (χ1) is 14.5. The third-order valence-corrected chi connectivity index (χ3v) is 6.35. The monoisotopic (exact) mass is 408 g/mol. The van der Waals surface area contributed by atoms with Crippen LogP contribution in [-0.2, 0) is 6.54 Å². The molecule has 3 aromatic rings. The van der Waals surface area contributed by atoms with E-state index >= 15 is 0 Å². The Morgan fingerprint density at radius 2 is 1.83 bits per heavy atom. The third kappa shape index (κ3) is 4.26. The van der Waals surface area contributed by atoms with E-state index in [-0.39, 0.29) is 5.56 Å². The van der Waals surface area contributed by atoms with Gasteiger partial charge in [-0.05, 0) is 58.2 Å². The molecule has 3 N–H and O–H groups in total. The number of unbranched alkanes of at least 4 members (excludes halogenated alkanes) is 2. The van der Waals surface area contributed by atoms with E-state index in [1.807, 2.05) is 28.8 Å². The van der Waals surface area contributed by atoms with Gasteiger partial charge in [0.15, 0.2) is 11.5 Å². The number of hydrogen-bond acceptors (Lipinski definition) is 5. The molecule has 0 radical (unpaired) electrons. The van der Waals surface area contributed by atoms with Gasteiger partial charge in [0.2, 0.25) is 0 Å². The minimum absolute atomic E-state index is 0.124. The van der Waals surface area contributed by atoms with Crippen molar-refractivity contribution in [2.75, 3.05) is 12.3 Å². The van der Waals surface area contributed by atoms with Crippen molar-refractivity contribution >= 4 is 16.9 Å². The van der Waals surface area contributed by atoms with Gasteiger partial charge in [-0.2, -0.15) is 0 Å². The van der Waals surface area contributed by atoms with Gasteiger partial charge in [0.05, 0.1) is 17.2 Å². The summed E-state index contributed by atoms with van der Waals surface area (Å²) in [6.45, 7) is 6.52. The minimum Gasteiger partial charge on any atom is -0.384 e. The van der Waals surface area contributed by atoms with Crippen LogP contribution in [0, 0.1) is 0 Å². The van der Waals surface area contributed by atoms with Crippen LogP contribution in [0.4, 0.5) is 5.82 Å². The maximum atomic E-state index is 13.2. The van der Waals surface area contributed by atoms with Crippen LogP contribution in [0.5, 0.6) is 0 Å². The van der Waals surface area contributed by atoms with Crippen LogP contribution in [0.15, 0.2) is 35.3 Å². The molecule has 160 valence electrons. The van der Waals surface area contributed by atoms with Gasteiger partial charge in [-0.1, -0.05) is 25.0 Å². The Balaban J connectivity index is 1.47. The van der Waals surface area contributed by atoms with Crippen LogP contribution in [0.1, 0.15) is 52.4 Å². The summed E-state index contributed by atoms with van der Waals surface area (Å²) in [5, 5.41) is 0. The van der Waals surface area contributed by atoms with Crippen LogP contribution in [-0.4, -0.2) is 43.0 Å². The van der Waals surface area contributed by atoms with E-state index in [0.717, 1.165) is 36.8 Å². The van der Waals surface area contributed by atoms with E-state index in [4.69, 9.17) is 5.73 Å². The topological polar surface area (TPSA) is 92.8 Å². The Bertz CT molecular complexity index is 1050. The van der Waals surface area contributed by atoms with E-state index in [1.165, 1.54) is 25.5 Å². The van der Waals surface area contributed by atoms with Gasteiger partial charge in [0.1, 0.15) is 5.82 Å². The Kier molecular flexibility index (Phi) is 6.18. The molecule has 0 amide bonds. The third-order valence-electron chi connectivity index (χ3n) is 6.35. The van der Waals surface area contributed by atoms with E-state index < -0.39 is 0 Å². The first kappa shape index (κ1) is 20.6. The van der Waals surface area contributed by atoms with Crippen LogP contribution in [0.2, 0.25) is 0 Å². The quantitative estimate of drug-likeness (QED) is 0.580. The highest BCUT2D eigenvalue weighted by Gasteiger charge is 2.23. The van der Waals surface area contributed by atoms with Crippen molar-refractivity contribution in [1.29, 1.82) is 0 Å². The molecule has 0 aliphatic carbocycles. The Hall–Kier alpha value is -2.67. The van der Waals surface area contributed by atoms with Crippen LogP contribution >= 0.6 is 0 Å². The SMILES string of the molecule is C[C@H]1CCC[C@H](C)N1CCCCCn1c(=O)c(-c2ncc(N)[nH]2)nc2ccccc21. The lowest BCUT2D eigenvalue weighted by Gasteiger charge is -2.39. The molecule has 1 fully saturated rings. The largest absolute Gasteiger partial charge is 0.384 e. The molecule has 1 aliphatic heterocycles. The highest BCUT2D eigenvalue weighted by atomic mass is 16.1. The van der Waals surface area contributed by atoms with Crippen LogP contribution < -0.4 is 11.3 Å². The molecule has 7 nitrogen and oxygen atoms in total. The molecule has 3 heterocycles. The van der Waals surface area contributed by atoms with Crippen molar-refractivity contribution in [1.82, 2.24) is 24.4 Å². The van der Waals surface area contributed by atoms with Gasteiger partial charge in [-0.25, -0.2) is 9.97 Å². The van der Waals surface area contributed by atoms with Crippen molar-refractivity contribution in [2.45, 2.75) is 71.0 Å². The molecule has 1 saturated heterocycles. The van der Waals surface area contributed by atoms with Crippen molar-refractivity contribution in [3.05, 3.63) is 40.8 Å². The number of rotatable bonds is 7. The lowest BCUT2D eigenvalue weighted by atomic mass is 9.97. The number of nitrogens with zero attached hydrogens (tertiary/aromatic N) is 4. The lowest BCUT2D eigenvalue weighted by Crippen LogP contribution is -2.44. The fourth-order valence-corrected chi connectivity index (χ4v) is 4.68. The smallest absolute Gasteiger partial charge is 0.280 e. The molecule has 30 heavy (non-hydrogen) atoms. The molecule has 2 atom stereocenters. The highest BCUT2D eigenvalue weighted by molar-refractivity contribution is 5.77. The minimum atomic E-state index is -0.124. The standard InChI is InChI=1S/C23H32N6O/c1-16-9-8-10-17(2)28(16)13-6-3-7-14-29-19-12-5-4-11-18(19)26-21(23(29)30)22-25-15-20(24)27-22/h4-5,11-12,15-17H,3,6-10,13-14,24H2,1-2H3,(H,25,27)/t16-,17-/m0/s1. The number of nitrogen functional groups attached to an aromatic ring is 1. The van der Waals surface area contributed by atoms with Gasteiger partial charge >= 0.3 is 0 Å². The summed E-state index contributed by atoms with van der Waals surface area (Å²) in [5.74, 6) is 0.845. The van der Waals surface area contributed by atoms with Crippen LogP contribution in [0.25, 0.3) is 22.6 Å². The number of aryl methyl sites for hydroxylation is 1. The zero-order valence-electron chi connectivity index (χ0n) is 18.0. The predicted molar refractivity (Wildman–Crippen MR) is 121 cm³/mol. The first-order valence-electron chi connectivity index (χ1n) is 11.1. The molecule has 0 bridgehead atoms. The fraction of sp³-hybridized carbons (Fsp3) is 0.522.